The second kappa shape index (κ2) is 4.07. The summed E-state index contributed by atoms with van der Waals surface area (Å²) in [6, 6.07) is 1.82. The van der Waals surface area contributed by atoms with Gasteiger partial charge in [-0.15, -0.1) is 0 Å². The van der Waals surface area contributed by atoms with Crippen LogP contribution in [0.5, 0.6) is 0 Å². The van der Waals surface area contributed by atoms with Crippen LogP contribution in [0.3, 0.4) is 0 Å². The zero-order valence-electron chi connectivity index (χ0n) is 8.96. The number of anilines is 1. The molecule has 2 aromatic rings. The van der Waals surface area contributed by atoms with Crippen molar-refractivity contribution in [3.05, 3.63) is 24.7 Å². The molecule has 0 saturated heterocycles. The summed E-state index contributed by atoms with van der Waals surface area (Å²) in [6.07, 6.45) is 5.03. The van der Waals surface area contributed by atoms with Crippen molar-refractivity contribution in [3.63, 3.8) is 0 Å². The first kappa shape index (κ1) is 10.8. The van der Waals surface area contributed by atoms with Crippen LogP contribution < -0.4 is 5.32 Å². The van der Waals surface area contributed by atoms with Gasteiger partial charge in [0.1, 0.15) is 11.1 Å². The summed E-state index contributed by atoms with van der Waals surface area (Å²) in [6.45, 7) is 1.47. The van der Waals surface area contributed by atoms with Gasteiger partial charge in [0.25, 0.3) is 0 Å². The lowest BCUT2D eigenvalue weighted by atomic mass is 10.1. The number of aliphatic hydroxyl groups excluding tert-OH is 1. The van der Waals surface area contributed by atoms with E-state index >= 15 is 0 Å². The standard InChI is InChI=1S/C10H14N4O2/c1-10(16,7-15)6-12-9-8-2-3-13-14(8)5-4-11-9/h2-5,15-16H,6-7H2,1H3,(H,11,12). The van der Waals surface area contributed by atoms with Gasteiger partial charge in [-0.2, -0.15) is 5.10 Å². The molecule has 0 amide bonds. The average Bonchev–Trinajstić information content (AvgIpc) is 2.75. The van der Waals surface area contributed by atoms with Gasteiger partial charge in [-0.1, -0.05) is 0 Å². The molecule has 6 heteroatoms. The Labute approximate surface area is 92.6 Å². The molecule has 2 aromatic heterocycles. The fourth-order valence-electron chi connectivity index (χ4n) is 1.32. The number of hydrogen-bond donors (Lipinski definition) is 3. The first-order valence-electron chi connectivity index (χ1n) is 4.98. The zero-order valence-corrected chi connectivity index (χ0v) is 8.96. The summed E-state index contributed by atoms with van der Waals surface area (Å²) in [5.41, 5.74) is -0.328. The summed E-state index contributed by atoms with van der Waals surface area (Å²) in [5.74, 6) is 0.633. The van der Waals surface area contributed by atoms with Crippen molar-refractivity contribution >= 4 is 11.3 Å². The van der Waals surface area contributed by atoms with E-state index in [0.29, 0.717) is 5.82 Å². The Hall–Kier alpha value is -1.66. The largest absolute Gasteiger partial charge is 0.393 e. The third-order valence-corrected chi connectivity index (χ3v) is 2.30. The molecule has 2 rings (SSSR count). The average molecular weight is 222 g/mol. The van der Waals surface area contributed by atoms with E-state index in [1.54, 1.807) is 30.0 Å². The third-order valence-electron chi connectivity index (χ3n) is 2.30. The fraction of sp³-hybridized carbons (Fsp3) is 0.400. The minimum Gasteiger partial charge on any atom is -0.393 e. The Morgan fingerprint density at radius 3 is 3.06 bits per heavy atom. The molecule has 0 aliphatic rings. The minimum atomic E-state index is -1.16. The highest BCUT2D eigenvalue weighted by Crippen LogP contribution is 2.13. The molecule has 6 nitrogen and oxygen atoms in total. The Morgan fingerprint density at radius 1 is 1.50 bits per heavy atom. The second-order valence-electron chi connectivity index (χ2n) is 3.95. The Balaban J connectivity index is 2.18. The van der Waals surface area contributed by atoms with Crippen molar-refractivity contribution in [2.24, 2.45) is 0 Å². The topological polar surface area (TPSA) is 82.7 Å². The van der Waals surface area contributed by atoms with Gasteiger partial charge in [-0.3, -0.25) is 0 Å². The van der Waals surface area contributed by atoms with Crippen molar-refractivity contribution in [3.8, 4) is 0 Å². The number of fused-ring (bicyclic) bond motifs is 1. The van der Waals surface area contributed by atoms with E-state index in [2.05, 4.69) is 15.4 Å². The van der Waals surface area contributed by atoms with Crippen molar-refractivity contribution in [2.45, 2.75) is 12.5 Å². The van der Waals surface area contributed by atoms with Gasteiger partial charge >= 0.3 is 0 Å². The van der Waals surface area contributed by atoms with Crippen LogP contribution in [0, 0.1) is 0 Å². The minimum absolute atomic E-state index is 0.224. The van der Waals surface area contributed by atoms with Crippen molar-refractivity contribution in [1.29, 1.82) is 0 Å². The van der Waals surface area contributed by atoms with E-state index in [0.717, 1.165) is 5.52 Å². The summed E-state index contributed by atoms with van der Waals surface area (Å²) in [5, 5.41) is 25.6. The molecule has 0 spiro atoms. The number of nitrogens with one attached hydrogen (secondary N) is 1. The number of rotatable bonds is 4. The molecular weight excluding hydrogens is 208 g/mol. The predicted octanol–water partition coefficient (Wildman–Crippen LogP) is -0.116. The van der Waals surface area contributed by atoms with Crippen LogP contribution in [0.15, 0.2) is 24.7 Å². The lowest BCUT2D eigenvalue weighted by Crippen LogP contribution is -2.37. The highest BCUT2D eigenvalue weighted by Gasteiger charge is 2.19. The lowest BCUT2D eigenvalue weighted by Gasteiger charge is -2.21. The van der Waals surface area contributed by atoms with Gasteiger partial charge in [-0.25, -0.2) is 9.50 Å². The number of hydrogen-bond acceptors (Lipinski definition) is 5. The molecule has 2 heterocycles. The quantitative estimate of drug-likeness (QED) is 0.672. The molecule has 0 saturated carbocycles. The molecule has 3 N–H and O–H groups in total. The maximum atomic E-state index is 9.64. The number of aromatic nitrogens is 3. The highest BCUT2D eigenvalue weighted by atomic mass is 16.3. The van der Waals surface area contributed by atoms with Gasteiger partial charge in [0, 0.05) is 18.9 Å². The van der Waals surface area contributed by atoms with Crippen molar-refractivity contribution < 1.29 is 10.2 Å². The van der Waals surface area contributed by atoms with E-state index in [9.17, 15) is 5.11 Å². The molecular formula is C10H14N4O2. The Morgan fingerprint density at radius 2 is 2.31 bits per heavy atom. The van der Waals surface area contributed by atoms with Crippen LogP contribution in [0.25, 0.3) is 5.52 Å². The van der Waals surface area contributed by atoms with Crippen LogP contribution in [-0.2, 0) is 0 Å². The van der Waals surface area contributed by atoms with E-state index in [1.807, 2.05) is 6.07 Å². The van der Waals surface area contributed by atoms with Gasteiger partial charge < -0.3 is 15.5 Å². The van der Waals surface area contributed by atoms with Crippen LogP contribution in [0.4, 0.5) is 5.82 Å². The molecule has 0 radical (unpaired) electrons. The molecule has 0 bridgehead atoms. The normalized spacial score (nSPS) is 14.9. The summed E-state index contributed by atoms with van der Waals surface area (Å²) in [4.78, 5) is 4.15. The maximum Gasteiger partial charge on any atom is 0.152 e. The highest BCUT2D eigenvalue weighted by molar-refractivity contribution is 5.66. The van der Waals surface area contributed by atoms with E-state index < -0.39 is 5.60 Å². The number of nitrogens with zero attached hydrogens (tertiary/aromatic N) is 3. The van der Waals surface area contributed by atoms with Crippen molar-refractivity contribution in [1.82, 2.24) is 14.6 Å². The van der Waals surface area contributed by atoms with E-state index in [-0.39, 0.29) is 13.2 Å². The molecule has 0 aromatic carbocycles. The maximum absolute atomic E-state index is 9.64. The monoisotopic (exact) mass is 222 g/mol. The summed E-state index contributed by atoms with van der Waals surface area (Å²) < 4.78 is 1.68. The molecule has 1 unspecified atom stereocenters. The molecule has 1 atom stereocenters. The smallest absolute Gasteiger partial charge is 0.152 e. The molecule has 0 fully saturated rings. The van der Waals surface area contributed by atoms with Crippen LogP contribution in [0.1, 0.15) is 6.92 Å². The fourth-order valence-corrected chi connectivity index (χ4v) is 1.32. The summed E-state index contributed by atoms with van der Waals surface area (Å²) in [7, 11) is 0. The zero-order chi connectivity index (χ0) is 11.6. The van der Waals surface area contributed by atoms with Gasteiger partial charge in [0.15, 0.2) is 5.82 Å². The van der Waals surface area contributed by atoms with E-state index in [4.69, 9.17) is 5.11 Å². The SMILES string of the molecule is CC(O)(CO)CNc1nccn2nccc12. The Kier molecular flexibility index (Phi) is 2.76. The van der Waals surface area contributed by atoms with Crippen LogP contribution in [-0.4, -0.2) is 43.6 Å². The number of aliphatic hydroxyl groups is 2. The second-order valence-corrected chi connectivity index (χ2v) is 3.95. The molecule has 0 aliphatic heterocycles. The Bertz CT molecular complexity index is 480. The van der Waals surface area contributed by atoms with Gasteiger partial charge in [-0.05, 0) is 13.0 Å². The van der Waals surface area contributed by atoms with Crippen molar-refractivity contribution in [2.75, 3.05) is 18.5 Å². The predicted molar refractivity (Wildman–Crippen MR) is 59.2 cm³/mol. The van der Waals surface area contributed by atoms with Gasteiger partial charge in [0.2, 0.25) is 0 Å². The first-order chi connectivity index (χ1) is 7.62. The van der Waals surface area contributed by atoms with Crippen LogP contribution >= 0.6 is 0 Å². The third kappa shape index (κ3) is 2.12. The van der Waals surface area contributed by atoms with Crippen LogP contribution in [0.2, 0.25) is 0 Å². The molecule has 0 aliphatic carbocycles. The first-order valence-corrected chi connectivity index (χ1v) is 4.98. The lowest BCUT2D eigenvalue weighted by molar-refractivity contribution is 0.0132. The van der Waals surface area contributed by atoms with E-state index in [1.165, 1.54) is 0 Å². The molecule has 86 valence electrons. The van der Waals surface area contributed by atoms with Gasteiger partial charge in [0.05, 0.1) is 12.8 Å². The summed E-state index contributed by atoms with van der Waals surface area (Å²) >= 11 is 0. The molecule has 16 heavy (non-hydrogen) atoms.